The average molecular weight is 471 g/mol. The number of nitrogens with one attached hydrogen (secondary N) is 1. The topological polar surface area (TPSA) is 68.3 Å². The maximum absolute atomic E-state index is 13.0. The van der Waals surface area contributed by atoms with Crippen molar-refractivity contribution < 1.29 is 14.3 Å². The number of carbonyl (C=O) groups excluding carboxylic acids is 2. The van der Waals surface area contributed by atoms with Crippen molar-refractivity contribution in [3.8, 4) is 10.6 Å². The molecule has 2 aromatic carbocycles. The third kappa shape index (κ3) is 4.88. The van der Waals surface area contributed by atoms with Gasteiger partial charge in [-0.05, 0) is 48.7 Å². The maximum Gasteiger partial charge on any atom is 0.339 e. The van der Waals surface area contributed by atoms with Gasteiger partial charge in [-0.2, -0.15) is 0 Å². The molecule has 2 aromatic heterocycles. The van der Waals surface area contributed by atoms with Crippen LogP contribution in [-0.4, -0.2) is 23.0 Å². The fourth-order valence-electron chi connectivity index (χ4n) is 3.04. The number of rotatable bonds is 5. The minimum absolute atomic E-state index is 0.347. The van der Waals surface area contributed by atoms with Gasteiger partial charge in [0.1, 0.15) is 0 Å². The van der Waals surface area contributed by atoms with E-state index in [1.54, 1.807) is 30.3 Å². The summed E-state index contributed by atoms with van der Waals surface area (Å²) in [7, 11) is 0. The average Bonchev–Trinajstić information content (AvgIpc) is 3.27. The number of aromatic nitrogens is 1. The van der Waals surface area contributed by atoms with Crippen LogP contribution in [0.5, 0.6) is 0 Å². The molecule has 0 aliphatic heterocycles. The molecule has 8 heteroatoms. The van der Waals surface area contributed by atoms with Crippen molar-refractivity contribution in [1.82, 2.24) is 4.98 Å². The second kappa shape index (κ2) is 9.06. The zero-order valence-electron chi connectivity index (χ0n) is 16.3. The number of benzene rings is 2. The lowest BCUT2D eigenvalue weighted by molar-refractivity contribution is -0.123. The summed E-state index contributed by atoms with van der Waals surface area (Å²) in [6.07, 6.45) is -1.04. The summed E-state index contributed by atoms with van der Waals surface area (Å²) >= 11 is 13.5. The lowest BCUT2D eigenvalue weighted by Gasteiger charge is -2.15. The highest BCUT2D eigenvalue weighted by Gasteiger charge is 2.22. The standard InChI is InChI=1S/C23H16Cl2N2O3S/c1-13(22(28)26-16-10-14(24)9-15(25)11-16)30-23(29)18-12-20(21-7-4-8-31-21)27-19-6-3-2-5-17(18)19/h2-13H,1H3,(H,26,28). The Labute approximate surface area is 192 Å². The Morgan fingerprint density at radius 1 is 1.03 bits per heavy atom. The zero-order chi connectivity index (χ0) is 22.0. The third-order valence-electron chi connectivity index (χ3n) is 4.49. The third-order valence-corrected chi connectivity index (χ3v) is 5.82. The molecule has 0 spiro atoms. The minimum atomic E-state index is -1.04. The summed E-state index contributed by atoms with van der Waals surface area (Å²) in [5.41, 5.74) is 2.11. The van der Waals surface area contributed by atoms with Gasteiger partial charge in [-0.1, -0.05) is 47.5 Å². The van der Waals surface area contributed by atoms with E-state index >= 15 is 0 Å². The van der Waals surface area contributed by atoms with Crippen LogP contribution in [-0.2, 0) is 9.53 Å². The van der Waals surface area contributed by atoms with E-state index in [-0.39, 0.29) is 0 Å². The lowest BCUT2D eigenvalue weighted by Crippen LogP contribution is -2.30. The molecule has 0 aliphatic rings. The highest BCUT2D eigenvalue weighted by atomic mass is 35.5. The Balaban J connectivity index is 1.58. The number of hydrogen-bond acceptors (Lipinski definition) is 5. The van der Waals surface area contributed by atoms with Crippen molar-refractivity contribution in [2.45, 2.75) is 13.0 Å². The predicted molar refractivity (Wildman–Crippen MR) is 125 cm³/mol. The minimum Gasteiger partial charge on any atom is -0.449 e. The molecule has 0 saturated carbocycles. The van der Waals surface area contributed by atoms with Crippen LogP contribution in [0.1, 0.15) is 17.3 Å². The Kier molecular flexibility index (Phi) is 6.23. The summed E-state index contributed by atoms with van der Waals surface area (Å²) in [6, 6.07) is 17.5. The molecule has 156 valence electrons. The van der Waals surface area contributed by atoms with Crippen molar-refractivity contribution in [3.63, 3.8) is 0 Å². The first kappa shape index (κ1) is 21.3. The number of nitrogens with zero attached hydrogens (tertiary/aromatic N) is 1. The highest BCUT2D eigenvalue weighted by molar-refractivity contribution is 7.13. The molecule has 0 bridgehead atoms. The Morgan fingerprint density at radius 3 is 2.48 bits per heavy atom. The summed E-state index contributed by atoms with van der Waals surface area (Å²) in [6.45, 7) is 1.50. The monoisotopic (exact) mass is 470 g/mol. The SMILES string of the molecule is CC(OC(=O)c1cc(-c2cccs2)nc2ccccc12)C(=O)Nc1cc(Cl)cc(Cl)c1. The van der Waals surface area contributed by atoms with Gasteiger partial charge < -0.3 is 10.1 Å². The molecule has 1 N–H and O–H groups in total. The largest absolute Gasteiger partial charge is 0.449 e. The zero-order valence-corrected chi connectivity index (χ0v) is 18.6. The van der Waals surface area contributed by atoms with E-state index in [4.69, 9.17) is 27.9 Å². The van der Waals surface area contributed by atoms with Crippen molar-refractivity contribution in [2.24, 2.45) is 0 Å². The molecule has 4 rings (SSSR count). The van der Waals surface area contributed by atoms with Gasteiger partial charge >= 0.3 is 5.97 Å². The Hall–Kier alpha value is -2.93. The fraction of sp³-hybridized carbons (Fsp3) is 0.0870. The molecule has 1 amide bonds. The molecule has 5 nitrogen and oxygen atoms in total. The van der Waals surface area contributed by atoms with Gasteiger partial charge in [-0.25, -0.2) is 9.78 Å². The summed E-state index contributed by atoms with van der Waals surface area (Å²) < 4.78 is 5.47. The molecular formula is C23H16Cl2N2O3S. The summed E-state index contributed by atoms with van der Waals surface area (Å²) in [5, 5.41) is 6.03. The van der Waals surface area contributed by atoms with Crippen LogP contribution < -0.4 is 5.32 Å². The van der Waals surface area contributed by atoms with Gasteiger partial charge in [0.15, 0.2) is 6.10 Å². The lowest BCUT2D eigenvalue weighted by atomic mass is 10.1. The number of pyridine rings is 1. The van der Waals surface area contributed by atoms with Crippen LogP contribution in [0.25, 0.3) is 21.5 Å². The molecule has 1 atom stereocenters. The first-order chi connectivity index (χ1) is 14.9. The van der Waals surface area contributed by atoms with Gasteiger partial charge in [0.2, 0.25) is 0 Å². The number of anilines is 1. The summed E-state index contributed by atoms with van der Waals surface area (Å²) in [5.74, 6) is -1.10. The van der Waals surface area contributed by atoms with E-state index in [0.717, 1.165) is 4.88 Å². The van der Waals surface area contributed by atoms with Gasteiger partial charge in [-0.3, -0.25) is 4.79 Å². The fourth-order valence-corrected chi connectivity index (χ4v) is 4.25. The number of halogens is 2. The maximum atomic E-state index is 13.0. The molecule has 4 aromatic rings. The molecular weight excluding hydrogens is 455 g/mol. The van der Waals surface area contributed by atoms with Crippen LogP contribution in [0.15, 0.2) is 66.0 Å². The molecule has 1 unspecified atom stereocenters. The molecule has 2 heterocycles. The van der Waals surface area contributed by atoms with Gasteiger partial charge in [-0.15, -0.1) is 11.3 Å². The molecule has 31 heavy (non-hydrogen) atoms. The van der Waals surface area contributed by atoms with Crippen LogP contribution in [0.3, 0.4) is 0 Å². The van der Waals surface area contributed by atoms with Gasteiger partial charge in [0.25, 0.3) is 5.91 Å². The predicted octanol–water partition coefficient (Wildman–Crippen LogP) is 6.45. The van der Waals surface area contributed by atoms with Gasteiger partial charge in [0, 0.05) is 21.1 Å². The van der Waals surface area contributed by atoms with E-state index < -0.39 is 18.0 Å². The van der Waals surface area contributed by atoms with Crippen molar-refractivity contribution in [2.75, 3.05) is 5.32 Å². The normalized spacial score (nSPS) is 11.8. The first-order valence-electron chi connectivity index (χ1n) is 9.32. The second-order valence-corrected chi connectivity index (χ2v) is 8.56. The Morgan fingerprint density at radius 2 is 1.77 bits per heavy atom. The van der Waals surface area contributed by atoms with E-state index in [9.17, 15) is 9.59 Å². The number of hydrogen-bond donors (Lipinski definition) is 1. The summed E-state index contributed by atoms with van der Waals surface area (Å²) in [4.78, 5) is 31.1. The van der Waals surface area contributed by atoms with Crippen LogP contribution in [0.4, 0.5) is 5.69 Å². The molecule has 0 fully saturated rings. The van der Waals surface area contributed by atoms with E-state index in [1.807, 2.05) is 35.7 Å². The quantitative estimate of drug-likeness (QED) is 0.340. The number of amides is 1. The second-order valence-electron chi connectivity index (χ2n) is 6.74. The number of esters is 1. The van der Waals surface area contributed by atoms with Crippen molar-refractivity contribution in [1.29, 1.82) is 0 Å². The van der Waals surface area contributed by atoms with E-state index in [2.05, 4.69) is 10.3 Å². The van der Waals surface area contributed by atoms with Crippen LogP contribution in [0.2, 0.25) is 10.0 Å². The number of carbonyl (C=O) groups is 2. The van der Waals surface area contributed by atoms with Crippen molar-refractivity contribution >= 4 is 63.0 Å². The molecule has 0 aliphatic carbocycles. The number of fused-ring (bicyclic) bond motifs is 1. The van der Waals surface area contributed by atoms with Crippen LogP contribution >= 0.6 is 34.5 Å². The molecule has 0 saturated heterocycles. The van der Waals surface area contributed by atoms with E-state index in [1.165, 1.54) is 18.3 Å². The van der Waals surface area contributed by atoms with E-state index in [0.29, 0.717) is 37.9 Å². The van der Waals surface area contributed by atoms with Gasteiger partial charge in [0.05, 0.1) is 21.7 Å². The number of thiophene rings is 1. The van der Waals surface area contributed by atoms with Crippen molar-refractivity contribution in [3.05, 3.63) is 81.7 Å². The number of ether oxygens (including phenoxy) is 1. The Bertz CT molecular complexity index is 1260. The number of para-hydroxylation sites is 1. The first-order valence-corrected chi connectivity index (χ1v) is 11.0. The van der Waals surface area contributed by atoms with Crippen LogP contribution in [0, 0.1) is 0 Å². The molecule has 0 radical (unpaired) electrons. The smallest absolute Gasteiger partial charge is 0.339 e. The highest BCUT2D eigenvalue weighted by Crippen LogP contribution is 2.28.